The minimum Gasteiger partial charge on any atom is -0.481 e. The quantitative estimate of drug-likeness (QED) is 0.806. The number of rotatable bonds is 6. The first-order chi connectivity index (χ1) is 12.1. The van der Waals surface area contributed by atoms with Gasteiger partial charge >= 0.3 is 5.97 Å². The van der Waals surface area contributed by atoms with Crippen LogP contribution in [0.2, 0.25) is 0 Å². The average Bonchev–Trinajstić information content (AvgIpc) is 3.09. The van der Waals surface area contributed by atoms with Crippen molar-refractivity contribution in [3.63, 3.8) is 0 Å². The third-order valence-electron chi connectivity index (χ3n) is 4.55. The lowest BCUT2D eigenvalue weighted by atomic mass is 9.89. The van der Waals surface area contributed by atoms with Gasteiger partial charge in [0.05, 0.1) is 5.92 Å². The molecule has 0 saturated carbocycles. The summed E-state index contributed by atoms with van der Waals surface area (Å²) in [5, 5.41) is 9.53. The average molecular weight is 355 g/mol. The summed E-state index contributed by atoms with van der Waals surface area (Å²) in [6, 6.07) is 19.6. The Kier molecular flexibility index (Phi) is 5.76. The minimum absolute atomic E-state index is 0.0353. The Morgan fingerprint density at radius 3 is 2.28 bits per heavy atom. The lowest BCUT2D eigenvalue weighted by Gasteiger charge is -2.16. The first-order valence-electron chi connectivity index (χ1n) is 8.38. The van der Waals surface area contributed by atoms with Crippen molar-refractivity contribution in [3.8, 4) is 0 Å². The topological polar surface area (TPSA) is 57.6 Å². The van der Waals surface area contributed by atoms with E-state index in [-0.39, 0.29) is 11.8 Å². The summed E-state index contributed by atoms with van der Waals surface area (Å²) in [7, 11) is 0. The Labute approximate surface area is 151 Å². The smallest absolute Gasteiger partial charge is 0.308 e. The van der Waals surface area contributed by atoms with Gasteiger partial charge in [-0.2, -0.15) is 0 Å². The molecule has 2 unspecified atom stereocenters. The molecule has 1 saturated heterocycles. The van der Waals surface area contributed by atoms with Crippen LogP contribution >= 0.6 is 11.8 Å². The Morgan fingerprint density at radius 2 is 1.64 bits per heavy atom. The summed E-state index contributed by atoms with van der Waals surface area (Å²) in [6.45, 7) is 0.777. The first kappa shape index (κ1) is 17.5. The van der Waals surface area contributed by atoms with Gasteiger partial charge < -0.3 is 10.0 Å². The van der Waals surface area contributed by atoms with Crippen LogP contribution in [0.4, 0.5) is 0 Å². The van der Waals surface area contributed by atoms with Crippen molar-refractivity contribution in [2.75, 3.05) is 18.8 Å². The normalized spacial score (nSPS) is 19.8. The molecule has 2 aromatic carbocycles. The van der Waals surface area contributed by atoms with Crippen molar-refractivity contribution in [2.24, 2.45) is 5.92 Å². The van der Waals surface area contributed by atoms with E-state index in [0.29, 0.717) is 25.3 Å². The number of likely N-dealkylation sites (tertiary alicyclic amines) is 1. The number of benzene rings is 2. The summed E-state index contributed by atoms with van der Waals surface area (Å²) >= 11 is 1.65. The fourth-order valence-electron chi connectivity index (χ4n) is 3.23. The molecule has 1 N–H and O–H groups in total. The molecule has 1 aliphatic heterocycles. The maximum Gasteiger partial charge on any atom is 0.308 e. The molecule has 1 amide bonds. The van der Waals surface area contributed by atoms with Crippen molar-refractivity contribution in [2.45, 2.75) is 17.2 Å². The molecule has 1 heterocycles. The van der Waals surface area contributed by atoms with Crippen molar-refractivity contribution in [1.29, 1.82) is 0 Å². The molecule has 0 aliphatic carbocycles. The van der Waals surface area contributed by atoms with Crippen LogP contribution in [0.25, 0.3) is 0 Å². The van der Waals surface area contributed by atoms with Gasteiger partial charge in [-0.15, -0.1) is 11.8 Å². The number of carboxylic acid groups (broad SMARTS) is 1. The molecular formula is C20H21NO3S. The highest BCUT2D eigenvalue weighted by atomic mass is 32.2. The summed E-state index contributed by atoms with van der Waals surface area (Å²) in [5.74, 6) is -0.763. The first-order valence-corrected chi connectivity index (χ1v) is 9.37. The van der Waals surface area contributed by atoms with Crippen LogP contribution in [-0.4, -0.2) is 40.7 Å². The van der Waals surface area contributed by atoms with E-state index >= 15 is 0 Å². The van der Waals surface area contributed by atoms with Crippen LogP contribution in [0.1, 0.15) is 17.9 Å². The van der Waals surface area contributed by atoms with E-state index < -0.39 is 11.9 Å². The van der Waals surface area contributed by atoms with Gasteiger partial charge in [0.1, 0.15) is 0 Å². The monoisotopic (exact) mass is 355 g/mol. The van der Waals surface area contributed by atoms with Crippen LogP contribution in [0.5, 0.6) is 0 Å². The molecular weight excluding hydrogens is 334 g/mol. The number of thioether (sulfide) groups is 1. The van der Waals surface area contributed by atoms with Crippen LogP contribution in [-0.2, 0) is 9.59 Å². The molecule has 2 aromatic rings. The second-order valence-corrected chi connectivity index (χ2v) is 7.34. The van der Waals surface area contributed by atoms with E-state index in [0.717, 1.165) is 10.5 Å². The van der Waals surface area contributed by atoms with E-state index in [2.05, 4.69) is 0 Å². The van der Waals surface area contributed by atoms with Crippen LogP contribution < -0.4 is 0 Å². The molecule has 25 heavy (non-hydrogen) atoms. The van der Waals surface area contributed by atoms with Gasteiger partial charge in [-0.1, -0.05) is 48.5 Å². The highest BCUT2D eigenvalue weighted by Gasteiger charge is 2.40. The molecule has 3 rings (SSSR count). The molecule has 1 aliphatic rings. The summed E-state index contributed by atoms with van der Waals surface area (Å²) < 4.78 is 0. The number of carbonyl (C=O) groups is 2. The van der Waals surface area contributed by atoms with Crippen LogP contribution in [0.15, 0.2) is 65.6 Å². The minimum atomic E-state index is -0.831. The predicted molar refractivity (Wildman–Crippen MR) is 98.7 cm³/mol. The van der Waals surface area contributed by atoms with Crippen molar-refractivity contribution >= 4 is 23.6 Å². The van der Waals surface area contributed by atoms with Gasteiger partial charge in [0.15, 0.2) is 0 Å². The Balaban J connectivity index is 1.59. The zero-order chi connectivity index (χ0) is 17.6. The second kappa shape index (κ2) is 8.21. The summed E-state index contributed by atoms with van der Waals surface area (Å²) in [4.78, 5) is 27.0. The summed E-state index contributed by atoms with van der Waals surface area (Å²) in [6.07, 6.45) is 0.424. The van der Waals surface area contributed by atoms with Gasteiger partial charge in [0.2, 0.25) is 5.91 Å². The molecule has 5 heteroatoms. The number of hydrogen-bond acceptors (Lipinski definition) is 3. The summed E-state index contributed by atoms with van der Waals surface area (Å²) in [5.41, 5.74) is 0.990. The number of hydrogen-bond donors (Lipinski definition) is 1. The molecule has 4 nitrogen and oxygen atoms in total. The predicted octanol–water partition coefficient (Wildman–Crippen LogP) is 3.50. The maximum absolute atomic E-state index is 12.5. The fourth-order valence-corrected chi connectivity index (χ4v) is 4.09. The van der Waals surface area contributed by atoms with Crippen molar-refractivity contribution in [3.05, 3.63) is 66.2 Å². The highest BCUT2D eigenvalue weighted by Crippen LogP contribution is 2.33. The SMILES string of the molecule is O=C(O)C1CN(C(=O)CCSc2ccccc2)CC1c1ccccc1. The zero-order valence-electron chi connectivity index (χ0n) is 13.9. The lowest BCUT2D eigenvalue weighted by molar-refractivity contribution is -0.141. The van der Waals surface area contributed by atoms with Gasteiger partial charge in [-0.3, -0.25) is 9.59 Å². The third-order valence-corrected chi connectivity index (χ3v) is 5.56. The van der Waals surface area contributed by atoms with E-state index in [1.807, 2.05) is 60.7 Å². The highest BCUT2D eigenvalue weighted by molar-refractivity contribution is 7.99. The lowest BCUT2D eigenvalue weighted by Crippen LogP contribution is -2.30. The van der Waals surface area contributed by atoms with Gasteiger partial charge in [0.25, 0.3) is 0 Å². The molecule has 1 fully saturated rings. The van der Waals surface area contributed by atoms with E-state index in [4.69, 9.17) is 0 Å². The maximum atomic E-state index is 12.5. The largest absolute Gasteiger partial charge is 0.481 e. The fraction of sp³-hybridized carbons (Fsp3) is 0.300. The molecule has 2 atom stereocenters. The van der Waals surface area contributed by atoms with Gasteiger partial charge in [0, 0.05) is 36.1 Å². The van der Waals surface area contributed by atoms with Crippen LogP contribution in [0.3, 0.4) is 0 Å². The molecule has 0 radical (unpaired) electrons. The number of amides is 1. The van der Waals surface area contributed by atoms with Crippen LogP contribution in [0, 0.1) is 5.92 Å². The van der Waals surface area contributed by atoms with Gasteiger partial charge in [-0.25, -0.2) is 0 Å². The van der Waals surface area contributed by atoms with Crippen molar-refractivity contribution < 1.29 is 14.7 Å². The third kappa shape index (κ3) is 4.42. The van der Waals surface area contributed by atoms with E-state index in [1.54, 1.807) is 16.7 Å². The number of carboxylic acids is 1. The molecule has 0 aromatic heterocycles. The molecule has 130 valence electrons. The van der Waals surface area contributed by atoms with E-state index in [9.17, 15) is 14.7 Å². The van der Waals surface area contributed by atoms with Crippen molar-refractivity contribution in [1.82, 2.24) is 4.90 Å². The molecule has 0 bridgehead atoms. The van der Waals surface area contributed by atoms with Gasteiger partial charge in [-0.05, 0) is 17.7 Å². The Morgan fingerprint density at radius 1 is 1.00 bits per heavy atom. The number of aliphatic carboxylic acids is 1. The standard InChI is InChI=1S/C20H21NO3S/c22-19(11-12-25-16-9-5-2-6-10-16)21-13-17(18(14-21)20(23)24)15-7-3-1-4-8-15/h1-10,17-18H,11-14H2,(H,23,24). The number of nitrogens with zero attached hydrogens (tertiary/aromatic N) is 1. The number of carbonyl (C=O) groups excluding carboxylic acids is 1. The Bertz CT molecular complexity index is 720. The zero-order valence-corrected chi connectivity index (χ0v) is 14.7. The molecule has 0 spiro atoms. The Hall–Kier alpha value is -2.27. The second-order valence-electron chi connectivity index (χ2n) is 6.17. The van der Waals surface area contributed by atoms with E-state index in [1.165, 1.54) is 0 Å².